The van der Waals surface area contributed by atoms with Crippen LogP contribution < -0.4 is 0 Å². The van der Waals surface area contributed by atoms with Crippen LogP contribution in [0.3, 0.4) is 0 Å². The van der Waals surface area contributed by atoms with E-state index in [0.717, 1.165) is 45.0 Å². The summed E-state index contributed by atoms with van der Waals surface area (Å²) in [5, 5.41) is 9.73. The first kappa shape index (κ1) is 19.4. The highest BCUT2D eigenvalue weighted by molar-refractivity contribution is 7.98. The van der Waals surface area contributed by atoms with E-state index in [9.17, 15) is 0 Å². The summed E-state index contributed by atoms with van der Waals surface area (Å²) in [7, 11) is 0. The largest absolute Gasteiger partial charge is 0.469 e. The van der Waals surface area contributed by atoms with Crippen LogP contribution in [0.15, 0.2) is 87.0 Å². The molecule has 0 unspecified atom stereocenters. The molecular formula is C24H20N4O2S. The Morgan fingerprint density at radius 2 is 1.61 bits per heavy atom. The lowest BCUT2D eigenvalue weighted by molar-refractivity contribution is 0.535. The molecule has 7 heteroatoms. The van der Waals surface area contributed by atoms with E-state index in [1.807, 2.05) is 80.6 Å². The monoisotopic (exact) mass is 428 g/mol. The van der Waals surface area contributed by atoms with E-state index in [0.29, 0.717) is 11.6 Å². The van der Waals surface area contributed by atoms with Crippen molar-refractivity contribution in [2.75, 3.05) is 0 Å². The molecule has 0 amide bonds. The Labute approximate surface area is 184 Å². The van der Waals surface area contributed by atoms with Gasteiger partial charge >= 0.3 is 0 Å². The molecule has 0 radical (unpaired) electrons. The Balaban J connectivity index is 1.47. The van der Waals surface area contributed by atoms with Crippen LogP contribution >= 0.6 is 11.8 Å². The molecule has 0 aliphatic rings. The van der Waals surface area contributed by atoms with Crippen molar-refractivity contribution in [3.63, 3.8) is 0 Å². The van der Waals surface area contributed by atoms with Gasteiger partial charge in [-0.25, -0.2) is 4.98 Å². The molecule has 154 valence electrons. The number of nitrogens with zero attached hydrogens (tertiary/aromatic N) is 4. The Kier molecular flexibility index (Phi) is 5.18. The molecule has 2 aromatic carbocycles. The zero-order chi connectivity index (χ0) is 21.2. The molecule has 0 saturated carbocycles. The van der Waals surface area contributed by atoms with Gasteiger partial charge in [-0.1, -0.05) is 48.2 Å². The first-order valence-electron chi connectivity index (χ1n) is 9.90. The third-order valence-corrected chi connectivity index (χ3v) is 5.94. The number of thioether (sulfide) groups is 1. The van der Waals surface area contributed by atoms with Gasteiger partial charge in [0.2, 0.25) is 5.89 Å². The van der Waals surface area contributed by atoms with Gasteiger partial charge in [-0.15, -0.1) is 10.2 Å². The second-order valence-electron chi connectivity index (χ2n) is 7.04. The van der Waals surface area contributed by atoms with Gasteiger partial charge in [0.15, 0.2) is 11.0 Å². The van der Waals surface area contributed by atoms with Crippen molar-refractivity contribution >= 4 is 11.8 Å². The van der Waals surface area contributed by atoms with Crippen molar-refractivity contribution in [1.29, 1.82) is 0 Å². The Morgan fingerprint density at radius 1 is 0.871 bits per heavy atom. The van der Waals surface area contributed by atoms with E-state index in [4.69, 9.17) is 13.8 Å². The quantitative estimate of drug-likeness (QED) is 0.305. The molecule has 0 atom stereocenters. The highest BCUT2D eigenvalue weighted by Gasteiger charge is 2.20. The summed E-state index contributed by atoms with van der Waals surface area (Å²) >= 11 is 1.58. The van der Waals surface area contributed by atoms with Crippen molar-refractivity contribution in [3.05, 3.63) is 90.2 Å². The number of benzene rings is 2. The number of para-hydroxylation sites is 1. The van der Waals surface area contributed by atoms with Crippen LogP contribution in [-0.2, 0) is 5.75 Å². The topological polar surface area (TPSA) is 69.9 Å². The number of hydrogen-bond acceptors (Lipinski definition) is 6. The first-order valence-corrected chi connectivity index (χ1v) is 10.9. The molecule has 0 fully saturated rings. The third kappa shape index (κ3) is 3.80. The van der Waals surface area contributed by atoms with Gasteiger partial charge in [0.25, 0.3) is 0 Å². The summed E-state index contributed by atoms with van der Waals surface area (Å²) in [4.78, 5) is 4.71. The van der Waals surface area contributed by atoms with Crippen molar-refractivity contribution in [2.45, 2.75) is 24.8 Å². The minimum atomic E-state index is 0.623. The Hall–Kier alpha value is -3.58. The summed E-state index contributed by atoms with van der Waals surface area (Å²) < 4.78 is 13.5. The fraction of sp³-hybridized carbons (Fsp3) is 0.125. The van der Waals surface area contributed by atoms with Crippen LogP contribution in [0.25, 0.3) is 28.5 Å². The van der Waals surface area contributed by atoms with Gasteiger partial charge in [0.05, 0.1) is 17.5 Å². The molecule has 0 saturated heterocycles. The van der Waals surface area contributed by atoms with Crippen molar-refractivity contribution < 1.29 is 8.83 Å². The van der Waals surface area contributed by atoms with Gasteiger partial charge in [0, 0.05) is 17.0 Å². The molecule has 0 aliphatic carbocycles. The Bertz CT molecular complexity index is 1310. The van der Waals surface area contributed by atoms with Crippen LogP contribution in [-0.4, -0.2) is 19.7 Å². The lowest BCUT2D eigenvalue weighted by atomic mass is 10.2. The van der Waals surface area contributed by atoms with E-state index in [-0.39, 0.29) is 0 Å². The number of hydrogen-bond donors (Lipinski definition) is 0. The van der Waals surface area contributed by atoms with Gasteiger partial charge in [0.1, 0.15) is 11.5 Å². The summed E-state index contributed by atoms with van der Waals surface area (Å²) in [5.41, 5.74) is 3.78. The van der Waals surface area contributed by atoms with Gasteiger partial charge in [-0.05, 0) is 44.2 Å². The van der Waals surface area contributed by atoms with E-state index < -0.39 is 0 Å². The minimum absolute atomic E-state index is 0.623. The minimum Gasteiger partial charge on any atom is -0.469 e. The zero-order valence-electron chi connectivity index (χ0n) is 17.1. The van der Waals surface area contributed by atoms with Crippen LogP contribution in [0.2, 0.25) is 0 Å². The number of aryl methyl sites for hydroxylation is 2. The van der Waals surface area contributed by atoms with Gasteiger partial charge in [-0.3, -0.25) is 4.57 Å². The SMILES string of the molecule is Cc1occc1-c1nnc(SCc2nc(-c3ccccc3)oc2C)n1-c1ccccc1. The lowest BCUT2D eigenvalue weighted by Crippen LogP contribution is -2.00. The van der Waals surface area contributed by atoms with E-state index in [1.54, 1.807) is 18.0 Å². The first-order chi connectivity index (χ1) is 15.2. The fourth-order valence-corrected chi connectivity index (χ4v) is 4.32. The smallest absolute Gasteiger partial charge is 0.226 e. The summed E-state index contributed by atoms with van der Waals surface area (Å²) in [6.07, 6.45) is 1.67. The Morgan fingerprint density at radius 3 is 2.32 bits per heavy atom. The van der Waals surface area contributed by atoms with E-state index in [2.05, 4.69) is 14.8 Å². The van der Waals surface area contributed by atoms with Crippen molar-refractivity contribution in [2.24, 2.45) is 0 Å². The maximum Gasteiger partial charge on any atom is 0.226 e. The molecule has 3 heterocycles. The van der Waals surface area contributed by atoms with Crippen LogP contribution in [0, 0.1) is 13.8 Å². The molecule has 0 N–H and O–H groups in total. The van der Waals surface area contributed by atoms with Crippen LogP contribution in [0.5, 0.6) is 0 Å². The zero-order valence-corrected chi connectivity index (χ0v) is 18.0. The summed E-state index contributed by atoms with van der Waals surface area (Å²) in [5.74, 6) is 3.62. The number of rotatable bonds is 6. The third-order valence-electron chi connectivity index (χ3n) is 5.00. The normalized spacial score (nSPS) is 11.2. The summed E-state index contributed by atoms with van der Waals surface area (Å²) in [6.45, 7) is 3.87. The second kappa shape index (κ2) is 8.28. The van der Waals surface area contributed by atoms with Crippen molar-refractivity contribution in [3.8, 4) is 28.5 Å². The molecule has 5 aromatic rings. The van der Waals surface area contributed by atoms with Crippen LogP contribution in [0.4, 0.5) is 0 Å². The molecule has 5 rings (SSSR count). The molecule has 0 spiro atoms. The fourth-order valence-electron chi connectivity index (χ4n) is 3.36. The van der Waals surface area contributed by atoms with Crippen molar-refractivity contribution in [1.82, 2.24) is 19.7 Å². The highest BCUT2D eigenvalue weighted by atomic mass is 32.2. The van der Waals surface area contributed by atoms with E-state index >= 15 is 0 Å². The second-order valence-corrected chi connectivity index (χ2v) is 7.99. The predicted molar refractivity (Wildman–Crippen MR) is 120 cm³/mol. The van der Waals surface area contributed by atoms with E-state index in [1.165, 1.54) is 0 Å². The van der Waals surface area contributed by atoms with Gasteiger partial charge < -0.3 is 8.83 Å². The average Bonchev–Trinajstić information content (AvgIpc) is 3.51. The number of oxazole rings is 1. The molecule has 3 aromatic heterocycles. The summed E-state index contributed by atoms with van der Waals surface area (Å²) in [6, 6.07) is 21.9. The molecular weight excluding hydrogens is 408 g/mol. The number of furan rings is 1. The molecule has 0 bridgehead atoms. The maximum absolute atomic E-state index is 5.90. The maximum atomic E-state index is 5.90. The molecule has 0 aliphatic heterocycles. The van der Waals surface area contributed by atoms with Crippen LogP contribution in [0.1, 0.15) is 17.2 Å². The predicted octanol–water partition coefficient (Wildman–Crippen LogP) is 6.09. The standard InChI is InChI=1S/C24H20N4O2S/c1-16-20(13-14-29-16)22-26-27-24(28(22)19-11-7-4-8-12-19)31-15-21-17(2)30-23(25-21)18-9-5-3-6-10-18/h3-14H,15H2,1-2H3. The molecule has 31 heavy (non-hydrogen) atoms. The average molecular weight is 429 g/mol. The number of aromatic nitrogens is 4. The molecule has 6 nitrogen and oxygen atoms in total. The van der Waals surface area contributed by atoms with Gasteiger partial charge in [-0.2, -0.15) is 0 Å². The highest BCUT2D eigenvalue weighted by Crippen LogP contribution is 2.32. The lowest BCUT2D eigenvalue weighted by Gasteiger charge is -2.09.